The highest BCUT2D eigenvalue weighted by Gasteiger charge is 2.08. The molecule has 1 aromatic carbocycles. The number of carbonyl (C=O) groups excluding carboxylic acids is 1. The van der Waals surface area contributed by atoms with Gasteiger partial charge in [0.2, 0.25) is 0 Å². The fourth-order valence-electron chi connectivity index (χ4n) is 2.06. The number of carbonyl (C=O) groups is 1. The average molecular weight is 426 g/mol. The number of rotatable bonds is 4. The van der Waals surface area contributed by atoms with Crippen LogP contribution < -0.4 is 4.74 Å². The van der Waals surface area contributed by atoms with Gasteiger partial charge in [-0.2, -0.15) is 0 Å². The summed E-state index contributed by atoms with van der Waals surface area (Å²) in [5.74, 6) is 0.738. The largest absolute Gasteiger partial charge is 0.465 e. The van der Waals surface area contributed by atoms with Crippen LogP contribution in [0.4, 0.5) is 0 Å². The molecule has 0 unspecified atom stereocenters. The molecule has 0 aliphatic heterocycles. The van der Waals surface area contributed by atoms with Crippen LogP contribution in [0, 0.1) is 0 Å². The highest BCUT2D eigenvalue weighted by molar-refractivity contribution is 14.2. The van der Waals surface area contributed by atoms with E-state index in [4.69, 9.17) is 4.74 Å². The maximum absolute atomic E-state index is 11.5. The highest BCUT2D eigenvalue weighted by Crippen LogP contribution is 2.29. The Morgan fingerprint density at radius 1 is 1.23 bits per heavy atom. The summed E-state index contributed by atoms with van der Waals surface area (Å²) in [5, 5.41) is 1.08. The fraction of sp³-hybridized carbons (Fsp3) is 0.0667. The molecule has 0 saturated carbocycles. The Bertz CT molecular complexity index is 835. The number of halogens is 1. The molecule has 3 aromatic rings. The number of pyridine rings is 1. The monoisotopic (exact) mass is 426 g/mol. The number of benzene rings is 1. The number of hydrogen-bond donors (Lipinski definition) is 0. The molecule has 0 fully saturated rings. The number of esters is 1. The minimum absolute atomic E-state index is 0.355. The third-order valence-corrected chi connectivity index (χ3v) is 4.81. The van der Waals surface area contributed by atoms with E-state index < -0.39 is 5.97 Å². The van der Waals surface area contributed by atoms with E-state index in [1.807, 2.05) is 30.5 Å². The number of methoxy groups -OCH3 is 1. The van der Waals surface area contributed by atoms with Crippen molar-refractivity contribution in [1.82, 2.24) is 8.96 Å². The van der Waals surface area contributed by atoms with E-state index in [9.17, 15) is 4.79 Å². The Balaban J connectivity index is 1.88. The first-order valence-corrected chi connectivity index (χ1v) is 9.64. The average Bonchev–Trinajstić information content (AvgIpc) is 2.96. The first-order valence-electron chi connectivity index (χ1n) is 6.32. The lowest BCUT2D eigenvalue weighted by atomic mass is 10.2. The molecule has 0 N–H and O–H groups in total. The molecule has 0 spiro atoms. The van der Waals surface area contributed by atoms with Crippen molar-refractivity contribution in [3.8, 4) is 11.5 Å². The van der Waals surface area contributed by atoms with Gasteiger partial charge in [-0.15, -0.1) is 0 Å². The molecule has 112 valence electrons. The lowest BCUT2D eigenvalue weighted by molar-refractivity contribution is 0.0600. The van der Waals surface area contributed by atoms with Gasteiger partial charge in [0, 0.05) is 48.1 Å². The van der Waals surface area contributed by atoms with Crippen molar-refractivity contribution in [2.75, 3.05) is 7.11 Å². The highest BCUT2D eigenvalue weighted by atomic mass is 127. The second kappa shape index (κ2) is 6.57. The third-order valence-electron chi connectivity index (χ3n) is 3.07. The summed E-state index contributed by atoms with van der Waals surface area (Å²) in [6.07, 6.45) is 5.01. The van der Waals surface area contributed by atoms with Crippen molar-refractivity contribution in [2.45, 2.75) is 0 Å². The van der Waals surface area contributed by atoms with Gasteiger partial charge in [0.05, 0.1) is 24.4 Å². The van der Waals surface area contributed by atoms with Gasteiger partial charge in [0.25, 0.3) is 0 Å². The fourth-order valence-corrected chi connectivity index (χ4v) is 3.44. The zero-order chi connectivity index (χ0) is 15.5. The molecule has 0 radical (unpaired) electrons. The summed E-state index contributed by atoms with van der Waals surface area (Å²) in [4.78, 5) is 15.5. The van der Waals surface area contributed by atoms with Gasteiger partial charge in [0.1, 0.15) is 11.5 Å². The maximum Gasteiger partial charge on any atom is 0.339 e. The van der Waals surface area contributed by atoms with Gasteiger partial charge in [-0.25, -0.2) is 4.79 Å². The molecule has 0 atom stereocenters. The Hall–Kier alpha value is -1.74. The number of hydrogen-bond acceptors (Lipinski definition) is 5. The predicted molar refractivity (Wildman–Crippen MR) is 94.6 cm³/mol. The van der Waals surface area contributed by atoms with Crippen LogP contribution in [0.5, 0.6) is 11.5 Å². The summed E-state index contributed by atoms with van der Waals surface area (Å²) in [5.41, 5.74) is 1.47. The van der Waals surface area contributed by atoms with Crippen LogP contribution in [-0.4, -0.2) is 22.0 Å². The SMILES string of the molecule is COC(=O)c1cncc(Oc2ccc3c(ccn3SI)c2)c1. The number of aromatic nitrogens is 2. The lowest BCUT2D eigenvalue weighted by Crippen LogP contribution is -2.01. The molecule has 0 amide bonds. The van der Waals surface area contributed by atoms with Gasteiger partial charge >= 0.3 is 5.97 Å². The standard InChI is InChI=1S/C15H11IN2O3S/c1-20-15(19)11-7-13(9-17-8-11)21-12-2-3-14-10(6-12)4-5-18(14)22-16/h2-9H,1H3. The Morgan fingerprint density at radius 3 is 2.86 bits per heavy atom. The Morgan fingerprint density at radius 2 is 2.09 bits per heavy atom. The molecule has 0 aliphatic rings. The topological polar surface area (TPSA) is 53.4 Å². The lowest BCUT2D eigenvalue weighted by Gasteiger charge is -2.07. The van der Waals surface area contributed by atoms with Crippen molar-refractivity contribution in [3.05, 3.63) is 54.5 Å². The van der Waals surface area contributed by atoms with Crippen molar-refractivity contribution < 1.29 is 14.3 Å². The van der Waals surface area contributed by atoms with Gasteiger partial charge in [0.15, 0.2) is 0 Å². The molecular weight excluding hydrogens is 415 g/mol. The van der Waals surface area contributed by atoms with Crippen LogP contribution in [0.25, 0.3) is 10.9 Å². The van der Waals surface area contributed by atoms with Crippen LogP contribution in [0.15, 0.2) is 48.9 Å². The van der Waals surface area contributed by atoms with Crippen LogP contribution >= 0.6 is 30.3 Å². The minimum atomic E-state index is -0.440. The quantitative estimate of drug-likeness (QED) is 0.456. The van der Waals surface area contributed by atoms with Crippen molar-refractivity contribution >= 4 is 47.2 Å². The van der Waals surface area contributed by atoms with Crippen LogP contribution in [0.3, 0.4) is 0 Å². The maximum atomic E-state index is 11.5. The van der Waals surface area contributed by atoms with E-state index in [-0.39, 0.29) is 0 Å². The van der Waals surface area contributed by atoms with Crippen molar-refractivity contribution in [3.63, 3.8) is 0 Å². The summed E-state index contributed by atoms with van der Waals surface area (Å²) in [7, 11) is 2.94. The molecule has 0 bridgehead atoms. The molecule has 2 aromatic heterocycles. The number of fused-ring (bicyclic) bond motifs is 1. The van der Waals surface area contributed by atoms with E-state index in [1.165, 1.54) is 13.3 Å². The third kappa shape index (κ3) is 3.05. The second-order valence-corrected chi connectivity index (χ2v) is 6.15. The molecule has 7 heteroatoms. The predicted octanol–water partition coefficient (Wildman–Crippen LogP) is 4.46. The van der Waals surface area contributed by atoms with E-state index in [2.05, 4.69) is 34.9 Å². The van der Waals surface area contributed by atoms with Gasteiger partial charge < -0.3 is 9.47 Å². The molecule has 5 nitrogen and oxygen atoms in total. The minimum Gasteiger partial charge on any atom is -0.465 e. The Labute approximate surface area is 143 Å². The number of nitrogens with zero attached hydrogens (tertiary/aromatic N) is 2. The zero-order valence-corrected chi connectivity index (χ0v) is 14.5. The van der Waals surface area contributed by atoms with E-state index in [0.717, 1.165) is 10.9 Å². The van der Waals surface area contributed by atoms with E-state index >= 15 is 0 Å². The normalized spacial score (nSPS) is 10.6. The molecule has 0 aliphatic carbocycles. The van der Waals surface area contributed by atoms with Gasteiger partial charge in [-0.3, -0.25) is 8.96 Å². The van der Waals surface area contributed by atoms with Crippen molar-refractivity contribution in [1.29, 1.82) is 0 Å². The molecular formula is C15H11IN2O3S. The zero-order valence-electron chi connectivity index (χ0n) is 11.5. The summed E-state index contributed by atoms with van der Waals surface area (Å²) < 4.78 is 12.5. The molecule has 0 saturated heterocycles. The second-order valence-electron chi connectivity index (χ2n) is 4.43. The molecule has 3 rings (SSSR count). The van der Waals surface area contributed by atoms with Crippen molar-refractivity contribution in [2.24, 2.45) is 0 Å². The van der Waals surface area contributed by atoms with Gasteiger partial charge in [-0.05, 0) is 30.3 Å². The van der Waals surface area contributed by atoms with Crippen LogP contribution in [-0.2, 0) is 4.74 Å². The van der Waals surface area contributed by atoms with E-state index in [0.29, 0.717) is 17.1 Å². The smallest absolute Gasteiger partial charge is 0.339 e. The first-order chi connectivity index (χ1) is 10.7. The number of ether oxygens (including phenoxy) is 2. The first kappa shape index (κ1) is 15.2. The Kier molecular flexibility index (Phi) is 4.53. The molecule has 2 heterocycles. The summed E-state index contributed by atoms with van der Waals surface area (Å²) in [6.45, 7) is 0. The molecule has 22 heavy (non-hydrogen) atoms. The van der Waals surface area contributed by atoms with Crippen LogP contribution in [0.1, 0.15) is 10.4 Å². The summed E-state index contributed by atoms with van der Waals surface area (Å²) >= 11 is 2.23. The van der Waals surface area contributed by atoms with Gasteiger partial charge in [-0.1, -0.05) is 0 Å². The summed E-state index contributed by atoms with van der Waals surface area (Å²) in [6, 6.07) is 9.46. The van der Waals surface area contributed by atoms with E-state index in [1.54, 1.807) is 21.4 Å². The van der Waals surface area contributed by atoms with Crippen LogP contribution in [0.2, 0.25) is 0 Å².